The lowest BCUT2D eigenvalue weighted by molar-refractivity contribution is -0.119. The number of carbonyl (C=O) groups excluding carboxylic acids is 1. The minimum absolute atomic E-state index is 0.0640. The molecule has 0 fully saturated rings. The highest BCUT2D eigenvalue weighted by Crippen LogP contribution is 2.06. The van der Waals surface area contributed by atoms with Crippen molar-refractivity contribution in [3.8, 4) is 0 Å². The van der Waals surface area contributed by atoms with E-state index in [1.54, 1.807) is 11.3 Å². The molecule has 6 heteroatoms. The van der Waals surface area contributed by atoms with Crippen LogP contribution in [0.2, 0.25) is 0 Å². The second-order valence-electron chi connectivity index (χ2n) is 3.58. The minimum Gasteiger partial charge on any atom is -0.357 e. The van der Waals surface area contributed by atoms with Gasteiger partial charge in [0.2, 0.25) is 5.91 Å². The van der Waals surface area contributed by atoms with Gasteiger partial charge in [0.15, 0.2) is 5.96 Å². The first-order chi connectivity index (χ1) is 8.76. The predicted molar refractivity (Wildman–Crippen MR) is 75.8 cm³/mol. The number of amides is 1. The van der Waals surface area contributed by atoms with E-state index in [-0.39, 0.29) is 12.5 Å². The van der Waals surface area contributed by atoms with E-state index in [4.69, 9.17) is 0 Å². The van der Waals surface area contributed by atoms with Crippen LogP contribution in [0.3, 0.4) is 0 Å². The zero-order chi connectivity index (χ0) is 13.2. The van der Waals surface area contributed by atoms with Crippen LogP contribution < -0.4 is 16.0 Å². The number of guanidine groups is 1. The molecular formula is C12H20N4OS. The number of thiophene rings is 1. The zero-order valence-electron chi connectivity index (χ0n) is 10.8. The molecule has 0 atom stereocenters. The van der Waals surface area contributed by atoms with E-state index in [0.29, 0.717) is 12.5 Å². The third-order valence-electron chi connectivity index (χ3n) is 2.11. The summed E-state index contributed by atoms with van der Waals surface area (Å²) in [5.74, 6) is 0.600. The van der Waals surface area contributed by atoms with Crippen LogP contribution in [0, 0.1) is 0 Å². The van der Waals surface area contributed by atoms with Gasteiger partial charge in [0.1, 0.15) is 6.54 Å². The summed E-state index contributed by atoms with van der Waals surface area (Å²) in [7, 11) is 0. The SMILES string of the molecule is CCNC(=O)CN=C(NCC)NCc1cccs1. The quantitative estimate of drug-likeness (QED) is 0.531. The second-order valence-corrected chi connectivity index (χ2v) is 4.61. The Bertz CT molecular complexity index is 375. The summed E-state index contributed by atoms with van der Waals surface area (Å²) in [5, 5.41) is 11.0. The number of nitrogens with zero attached hydrogens (tertiary/aromatic N) is 1. The lowest BCUT2D eigenvalue weighted by Crippen LogP contribution is -2.38. The van der Waals surface area contributed by atoms with Crippen LogP contribution in [-0.4, -0.2) is 31.5 Å². The van der Waals surface area contributed by atoms with Crippen molar-refractivity contribution in [1.29, 1.82) is 0 Å². The minimum atomic E-state index is -0.0640. The standard InChI is InChI=1S/C12H20N4OS/c1-3-13-11(17)9-16-12(14-4-2)15-8-10-6-5-7-18-10/h5-7H,3-4,8-9H2,1-2H3,(H,13,17)(H2,14,15,16). The summed E-state index contributed by atoms with van der Waals surface area (Å²) in [6.45, 7) is 6.15. The van der Waals surface area contributed by atoms with Crippen molar-refractivity contribution in [1.82, 2.24) is 16.0 Å². The molecule has 0 aliphatic carbocycles. The summed E-state index contributed by atoms with van der Waals surface area (Å²) in [6, 6.07) is 4.07. The molecule has 0 bridgehead atoms. The van der Waals surface area contributed by atoms with E-state index >= 15 is 0 Å². The Morgan fingerprint density at radius 2 is 2.06 bits per heavy atom. The Kier molecular flexibility index (Phi) is 6.86. The van der Waals surface area contributed by atoms with Crippen molar-refractivity contribution in [2.75, 3.05) is 19.6 Å². The Balaban J connectivity index is 2.42. The Morgan fingerprint density at radius 3 is 2.67 bits per heavy atom. The molecule has 1 aromatic heterocycles. The van der Waals surface area contributed by atoms with Crippen molar-refractivity contribution in [3.05, 3.63) is 22.4 Å². The first-order valence-electron chi connectivity index (χ1n) is 6.07. The van der Waals surface area contributed by atoms with E-state index in [2.05, 4.69) is 27.0 Å². The summed E-state index contributed by atoms with van der Waals surface area (Å²) in [4.78, 5) is 16.8. The first kappa shape index (κ1) is 14.5. The molecule has 1 amide bonds. The molecule has 0 aliphatic rings. The van der Waals surface area contributed by atoms with Gasteiger partial charge in [0.25, 0.3) is 0 Å². The van der Waals surface area contributed by atoms with Gasteiger partial charge in [-0.3, -0.25) is 4.79 Å². The molecule has 3 N–H and O–H groups in total. The van der Waals surface area contributed by atoms with Gasteiger partial charge in [-0.1, -0.05) is 6.07 Å². The van der Waals surface area contributed by atoms with E-state index in [1.807, 2.05) is 25.3 Å². The summed E-state index contributed by atoms with van der Waals surface area (Å²) < 4.78 is 0. The number of nitrogens with one attached hydrogen (secondary N) is 3. The number of rotatable bonds is 6. The summed E-state index contributed by atoms with van der Waals surface area (Å²) in [5.41, 5.74) is 0. The van der Waals surface area contributed by atoms with E-state index in [9.17, 15) is 4.79 Å². The van der Waals surface area contributed by atoms with Crippen molar-refractivity contribution in [2.24, 2.45) is 4.99 Å². The summed E-state index contributed by atoms with van der Waals surface area (Å²) >= 11 is 1.69. The van der Waals surface area contributed by atoms with Crippen LogP contribution in [0.15, 0.2) is 22.5 Å². The van der Waals surface area contributed by atoms with Crippen LogP contribution in [-0.2, 0) is 11.3 Å². The van der Waals surface area contributed by atoms with Crippen LogP contribution in [0.1, 0.15) is 18.7 Å². The second kappa shape index (κ2) is 8.52. The lowest BCUT2D eigenvalue weighted by Gasteiger charge is -2.10. The predicted octanol–water partition coefficient (Wildman–Crippen LogP) is 0.939. The topological polar surface area (TPSA) is 65.5 Å². The molecule has 5 nitrogen and oxygen atoms in total. The number of likely N-dealkylation sites (N-methyl/N-ethyl adjacent to an activating group) is 1. The van der Waals surface area contributed by atoms with E-state index in [0.717, 1.165) is 13.1 Å². The molecule has 0 radical (unpaired) electrons. The Hall–Kier alpha value is -1.56. The van der Waals surface area contributed by atoms with Gasteiger partial charge in [-0.2, -0.15) is 0 Å². The molecular weight excluding hydrogens is 248 g/mol. The van der Waals surface area contributed by atoms with Gasteiger partial charge < -0.3 is 16.0 Å². The fourth-order valence-electron chi connectivity index (χ4n) is 1.33. The number of hydrogen-bond acceptors (Lipinski definition) is 3. The van der Waals surface area contributed by atoms with Gasteiger partial charge in [0, 0.05) is 18.0 Å². The molecule has 0 unspecified atom stereocenters. The molecule has 100 valence electrons. The zero-order valence-corrected chi connectivity index (χ0v) is 11.6. The fraction of sp³-hybridized carbons (Fsp3) is 0.500. The van der Waals surface area contributed by atoms with Crippen LogP contribution in [0.5, 0.6) is 0 Å². The molecule has 1 heterocycles. The molecule has 0 aliphatic heterocycles. The first-order valence-corrected chi connectivity index (χ1v) is 6.95. The van der Waals surface area contributed by atoms with Crippen molar-refractivity contribution in [2.45, 2.75) is 20.4 Å². The van der Waals surface area contributed by atoms with E-state index in [1.165, 1.54) is 4.88 Å². The molecule has 0 aromatic carbocycles. The molecule has 18 heavy (non-hydrogen) atoms. The maximum absolute atomic E-state index is 11.3. The maximum atomic E-state index is 11.3. The average molecular weight is 268 g/mol. The number of carbonyl (C=O) groups is 1. The smallest absolute Gasteiger partial charge is 0.241 e. The van der Waals surface area contributed by atoms with Crippen molar-refractivity contribution < 1.29 is 4.79 Å². The molecule has 0 spiro atoms. The fourth-order valence-corrected chi connectivity index (χ4v) is 1.97. The maximum Gasteiger partial charge on any atom is 0.241 e. The van der Waals surface area contributed by atoms with Crippen molar-refractivity contribution >= 4 is 23.2 Å². The highest BCUT2D eigenvalue weighted by molar-refractivity contribution is 7.09. The van der Waals surface area contributed by atoms with Gasteiger partial charge in [0.05, 0.1) is 6.54 Å². The monoisotopic (exact) mass is 268 g/mol. The molecule has 0 saturated carbocycles. The third-order valence-corrected chi connectivity index (χ3v) is 2.99. The molecule has 0 saturated heterocycles. The van der Waals surface area contributed by atoms with Gasteiger partial charge >= 0.3 is 0 Å². The highest BCUT2D eigenvalue weighted by atomic mass is 32.1. The van der Waals surface area contributed by atoms with Gasteiger partial charge in [-0.05, 0) is 25.3 Å². The van der Waals surface area contributed by atoms with Crippen LogP contribution >= 0.6 is 11.3 Å². The number of aliphatic imine (C=N–C) groups is 1. The largest absolute Gasteiger partial charge is 0.357 e. The van der Waals surface area contributed by atoms with E-state index < -0.39 is 0 Å². The normalized spacial score (nSPS) is 11.1. The Labute approximate surface area is 112 Å². The third kappa shape index (κ3) is 5.67. The summed E-state index contributed by atoms with van der Waals surface area (Å²) in [6.07, 6.45) is 0. The molecule has 1 rings (SSSR count). The Morgan fingerprint density at radius 1 is 1.28 bits per heavy atom. The number of hydrogen-bond donors (Lipinski definition) is 3. The van der Waals surface area contributed by atoms with Gasteiger partial charge in [-0.15, -0.1) is 11.3 Å². The lowest BCUT2D eigenvalue weighted by atomic mass is 10.4. The highest BCUT2D eigenvalue weighted by Gasteiger charge is 2.01. The van der Waals surface area contributed by atoms with Crippen LogP contribution in [0.4, 0.5) is 0 Å². The van der Waals surface area contributed by atoms with Gasteiger partial charge in [-0.25, -0.2) is 4.99 Å². The van der Waals surface area contributed by atoms with Crippen molar-refractivity contribution in [3.63, 3.8) is 0 Å². The molecule has 1 aromatic rings. The average Bonchev–Trinajstić information content (AvgIpc) is 2.86. The van der Waals surface area contributed by atoms with Crippen LogP contribution in [0.25, 0.3) is 0 Å².